The summed E-state index contributed by atoms with van der Waals surface area (Å²) in [5.41, 5.74) is 0. The Morgan fingerprint density at radius 2 is 2.43 bits per heavy atom. The largest absolute Gasteiger partial charge is 1.00 e. The molecule has 0 radical (unpaired) electrons. The Kier molecular flexibility index (Phi) is 2.56. The molecular weight excluding hydrogens is 156 g/mol. The molecule has 0 aliphatic carbocycles. The molecule has 0 unspecified atom stereocenters. The lowest BCUT2D eigenvalue weighted by molar-refractivity contribution is -0.00000128. The van der Waals surface area contributed by atoms with Crippen LogP contribution in [0.3, 0.4) is 0 Å². The average Bonchev–Trinajstić information content (AvgIpc) is 1.86. The molecule has 0 fully saturated rings. The predicted octanol–water partition coefficient (Wildman–Crippen LogP) is -2.69. The minimum absolute atomic E-state index is 0. The zero-order valence-electron chi connectivity index (χ0n) is 3.93. The van der Waals surface area contributed by atoms with Crippen LogP contribution in [0, 0.1) is 0 Å². The third-order valence-corrected chi connectivity index (χ3v) is 0.580. The number of rotatable bonds is 0. The third kappa shape index (κ3) is 1.67. The van der Waals surface area contributed by atoms with Crippen LogP contribution in [-0.4, -0.2) is 18.3 Å². The van der Waals surface area contributed by atoms with Crippen molar-refractivity contribution in [3.63, 3.8) is 0 Å². The fraction of sp³-hybridized carbons (Fsp3) is 0.250. The van der Waals surface area contributed by atoms with Crippen LogP contribution in [0.4, 0.5) is 0 Å². The van der Waals surface area contributed by atoms with Gasteiger partial charge in [-0.1, -0.05) is 0 Å². The Morgan fingerprint density at radius 3 is 2.57 bits per heavy atom. The zero-order chi connectivity index (χ0) is 4.41. The van der Waals surface area contributed by atoms with Crippen molar-refractivity contribution in [1.29, 1.82) is 0 Å². The molecule has 0 bridgehead atoms. The van der Waals surface area contributed by atoms with E-state index in [9.17, 15) is 0 Å². The van der Waals surface area contributed by atoms with Gasteiger partial charge in [0.1, 0.15) is 0 Å². The summed E-state index contributed by atoms with van der Waals surface area (Å²) in [5.74, 6) is 0. The van der Waals surface area contributed by atoms with Crippen molar-refractivity contribution >= 4 is 6.34 Å². The van der Waals surface area contributed by atoms with Crippen molar-refractivity contribution in [1.82, 2.24) is 4.90 Å². The number of halogens is 1. The molecule has 0 atom stereocenters. The summed E-state index contributed by atoms with van der Waals surface area (Å²) in [6.07, 6.45) is 6.19. The molecule has 1 rings (SSSR count). The maximum Gasteiger partial charge on any atom is 0.255 e. The van der Waals surface area contributed by atoms with E-state index >= 15 is 0 Å². The summed E-state index contributed by atoms with van der Waals surface area (Å²) in [4.78, 5) is 5.42. The summed E-state index contributed by atoms with van der Waals surface area (Å²) in [6.45, 7) is 0. The van der Waals surface area contributed by atoms with Crippen LogP contribution >= 0.6 is 0 Å². The second-order valence-electron chi connectivity index (χ2n) is 1.14. The van der Waals surface area contributed by atoms with Crippen molar-refractivity contribution in [2.75, 3.05) is 7.05 Å². The lowest BCUT2D eigenvalue weighted by Gasteiger charge is -1.80. The average molecular weight is 161 g/mol. The van der Waals surface area contributed by atoms with Crippen LogP contribution in [0.15, 0.2) is 17.4 Å². The summed E-state index contributed by atoms with van der Waals surface area (Å²) in [5, 5.41) is 0. The highest BCUT2D eigenvalue weighted by molar-refractivity contribution is 5.59. The summed E-state index contributed by atoms with van der Waals surface area (Å²) in [7, 11) is 1.88. The van der Waals surface area contributed by atoms with Crippen molar-refractivity contribution in [3.8, 4) is 0 Å². The Balaban J connectivity index is 0.000000360. The van der Waals surface area contributed by atoms with E-state index in [-0.39, 0.29) is 17.0 Å². The highest BCUT2D eigenvalue weighted by Crippen LogP contribution is 1.87. The van der Waals surface area contributed by atoms with Gasteiger partial charge in [-0.3, -0.25) is 0 Å². The van der Waals surface area contributed by atoms with Gasteiger partial charge in [0.05, 0.1) is 0 Å². The SMILES string of the molecule is CN1[C+]=NC=C1.[Br-]. The van der Waals surface area contributed by atoms with E-state index in [0.717, 1.165) is 0 Å². The first-order valence-electron chi connectivity index (χ1n) is 1.74. The van der Waals surface area contributed by atoms with Crippen molar-refractivity contribution < 1.29 is 17.0 Å². The summed E-state index contributed by atoms with van der Waals surface area (Å²) in [6, 6.07) is 0. The highest BCUT2D eigenvalue weighted by Gasteiger charge is 1.99. The molecule has 1 aliphatic heterocycles. The minimum Gasteiger partial charge on any atom is -1.00 e. The van der Waals surface area contributed by atoms with Gasteiger partial charge in [0, 0.05) is 7.05 Å². The minimum atomic E-state index is 0. The van der Waals surface area contributed by atoms with Crippen molar-refractivity contribution in [2.24, 2.45) is 4.99 Å². The van der Waals surface area contributed by atoms with Gasteiger partial charge >= 0.3 is 0 Å². The molecule has 0 amide bonds. The molecule has 38 valence electrons. The smallest absolute Gasteiger partial charge is 0.255 e. The van der Waals surface area contributed by atoms with E-state index in [1.807, 2.05) is 13.2 Å². The van der Waals surface area contributed by atoms with Gasteiger partial charge in [0.25, 0.3) is 6.34 Å². The molecule has 3 heteroatoms. The van der Waals surface area contributed by atoms with Gasteiger partial charge in [-0.05, 0) is 4.99 Å². The second-order valence-corrected chi connectivity index (χ2v) is 1.14. The fourth-order valence-electron chi connectivity index (χ4n) is 0.291. The first kappa shape index (κ1) is 6.60. The van der Waals surface area contributed by atoms with Crippen molar-refractivity contribution in [2.45, 2.75) is 0 Å². The van der Waals surface area contributed by atoms with Crippen LogP contribution < -0.4 is 17.0 Å². The van der Waals surface area contributed by atoms with E-state index in [2.05, 4.69) is 11.3 Å². The molecule has 0 aromatic rings. The zero-order valence-corrected chi connectivity index (χ0v) is 5.51. The molecule has 0 N–H and O–H groups in total. The lowest BCUT2D eigenvalue weighted by atomic mass is 10.9. The van der Waals surface area contributed by atoms with Gasteiger partial charge in [0.15, 0.2) is 6.20 Å². The third-order valence-electron chi connectivity index (χ3n) is 0.580. The van der Waals surface area contributed by atoms with E-state index in [1.54, 1.807) is 11.1 Å². The molecule has 0 saturated heterocycles. The lowest BCUT2D eigenvalue weighted by Crippen LogP contribution is -3.00. The quantitative estimate of drug-likeness (QED) is 0.353. The normalized spacial score (nSPS) is 13.6. The number of aliphatic imine (C=N–C) groups is 1. The molecule has 2 nitrogen and oxygen atoms in total. The van der Waals surface area contributed by atoms with Crippen LogP contribution in [0.25, 0.3) is 0 Å². The molecule has 0 saturated carbocycles. The molecule has 0 aromatic carbocycles. The van der Waals surface area contributed by atoms with E-state index in [4.69, 9.17) is 0 Å². The molecule has 1 heterocycles. The van der Waals surface area contributed by atoms with Crippen LogP contribution in [0.5, 0.6) is 0 Å². The monoisotopic (exact) mass is 160 g/mol. The standard InChI is InChI=1S/C4H5N2.BrH/c1-6-3-2-5-4-6;/h2-3H,1H3;1H/q+1;/p-1. The summed E-state index contributed by atoms with van der Waals surface area (Å²) < 4.78 is 0. The Bertz CT molecular complexity index is 85.9. The first-order chi connectivity index (χ1) is 2.89. The van der Waals surface area contributed by atoms with Gasteiger partial charge < -0.3 is 17.0 Å². The van der Waals surface area contributed by atoms with Gasteiger partial charge in [-0.2, -0.15) is 4.90 Å². The van der Waals surface area contributed by atoms with Crippen LogP contribution in [-0.2, 0) is 0 Å². The van der Waals surface area contributed by atoms with Crippen LogP contribution in [0.2, 0.25) is 0 Å². The highest BCUT2D eigenvalue weighted by atomic mass is 79.9. The molecule has 1 aliphatic rings. The maximum atomic E-state index is 3.66. The maximum absolute atomic E-state index is 3.66. The van der Waals surface area contributed by atoms with Gasteiger partial charge in [-0.25, -0.2) is 0 Å². The number of hydrogen-bond donors (Lipinski definition) is 0. The van der Waals surface area contributed by atoms with E-state index in [1.165, 1.54) is 0 Å². The second kappa shape index (κ2) is 2.72. The van der Waals surface area contributed by atoms with Crippen LogP contribution in [0.1, 0.15) is 0 Å². The Labute approximate surface area is 53.3 Å². The van der Waals surface area contributed by atoms with Gasteiger partial charge in [0.2, 0.25) is 6.20 Å². The van der Waals surface area contributed by atoms with Gasteiger partial charge in [-0.15, -0.1) is 0 Å². The molecule has 0 spiro atoms. The molecule has 0 aromatic heterocycles. The summed E-state index contributed by atoms with van der Waals surface area (Å²) >= 11 is 0. The Morgan fingerprint density at radius 1 is 1.71 bits per heavy atom. The first-order valence-corrected chi connectivity index (χ1v) is 1.74. The predicted molar refractivity (Wildman–Crippen MR) is 24.3 cm³/mol. The van der Waals surface area contributed by atoms with Crippen molar-refractivity contribution in [3.05, 3.63) is 12.4 Å². The molecule has 7 heavy (non-hydrogen) atoms. The Hall–Kier alpha value is -0.400. The number of hydrogen-bond acceptors (Lipinski definition) is 2. The van der Waals surface area contributed by atoms with E-state index in [0.29, 0.717) is 0 Å². The number of nitrogens with zero attached hydrogens (tertiary/aromatic N) is 2. The topological polar surface area (TPSA) is 15.6 Å². The molecular formula is C4H5BrN2. The van der Waals surface area contributed by atoms with E-state index < -0.39 is 0 Å². The fourth-order valence-corrected chi connectivity index (χ4v) is 0.291.